The van der Waals surface area contributed by atoms with Gasteiger partial charge in [0, 0.05) is 11.8 Å². The standard InChI is InChI=1S/C12H12F3N3S2/c1-7-17-11(20-18-7)19-6-10(16)8-4-2-3-5-9(8)12(13,14)15/h2-5,10H,6,16H2,1H3. The van der Waals surface area contributed by atoms with Gasteiger partial charge >= 0.3 is 6.18 Å². The Morgan fingerprint density at radius 1 is 1.35 bits per heavy atom. The van der Waals surface area contributed by atoms with E-state index in [0.717, 1.165) is 6.07 Å². The Bertz CT molecular complexity index is 583. The van der Waals surface area contributed by atoms with Crippen molar-refractivity contribution >= 4 is 23.3 Å². The molecule has 0 saturated carbocycles. The molecular formula is C12H12F3N3S2. The molecule has 108 valence electrons. The van der Waals surface area contributed by atoms with Crippen LogP contribution in [0.4, 0.5) is 13.2 Å². The molecule has 1 atom stereocenters. The Kier molecular flexibility index (Phi) is 4.66. The van der Waals surface area contributed by atoms with Crippen molar-refractivity contribution in [1.29, 1.82) is 0 Å². The SMILES string of the molecule is Cc1nsc(SCC(N)c2ccccc2C(F)(F)F)n1. The van der Waals surface area contributed by atoms with Gasteiger partial charge in [-0.05, 0) is 30.1 Å². The molecule has 0 aliphatic rings. The largest absolute Gasteiger partial charge is 0.416 e. The van der Waals surface area contributed by atoms with E-state index in [1.807, 2.05) is 0 Å². The van der Waals surface area contributed by atoms with Crippen molar-refractivity contribution in [2.75, 3.05) is 5.75 Å². The molecule has 0 amide bonds. The summed E-state index contributed by atoms with van der Waals surface area (Å²) in [4.78, 5) is 4.14. The van der Waals surface area contributed by atoms with Crippen molar-refractivity contribution in [3.05, 3.63) is 41.2 Å². The van der Waals surface area contributed by atoms with Gasteiger partial charge in [-0.1, -0.05) is 30.0 Å². The number of hydrogen-bond acceptors (Lipinski definition) is 5. The van der Waals surface area contributed by atoms with E-state index in [1.54, 1.807) is 13.0 Å². The summed E-state index contributed by atoms with van der Waals surface area (Å²) in [5.74, 6) is 0.976. The third-order valence-electron chi connectivity index (χ3n) is 2.56. The van der Waals surface area contributed by atoms with E-state index in [4.69, 9.17) is 5.73 Å². The lowest BCUT2D eigenvalue weighted by atomic mass is 10.0. The molecule has 2 aromatic rings. The van der Waals surface area contributed by atoms with Gasteiger partial charge in [0.15, 0.2) is 4.34 Å². The molecule has 1 unspecified atom stereocenters. The second kappa shape index (κ2) is 6.11. The van der Waals surface area contributed by atoms with Crippen LogP contribution in [0.5, 0.6) is 0 Å². The number of alkyl halides is 3. The number of aromatic nitrogens is 2. The summed E-state index contributed by atoms with van der Waals surface area (Å²) in [5.41, 5.74) is 5.31. The fourth-order valence-electron chi connectivity index (χ4n) is 1.67. The van der Waals surface area contributed by atoms with E-state index in [1.165, 1.54) is 35.4 Å². The molecule has 8 heteroatoms. The summed E-state index contributed by atoms with van der Waals surface area (Å²) < 4.78 is 43.4. The maximum Gasteiger partial charge on any atom is 0.416 e. The number of hydrogen-bond donors (Lipinski definition) is 1. The van der Waals surface area contributed by atoms with Crippen molar-refractivity contribution in [3.8, 4) is 0 Å². The molecule has 1 heterocycles. The van der Waals surface area contributed by atoms with Crippen LogP contribution in [-0.4, -0.2) is 15.1 Å². The van der Waals surface area contributed by atoms with Crippen LogP contribution in [0.1, 0.15) is 23.0 Å². The Morgan fingerprint density at radius 2 is 2.05 bits per heavy atom. The maximum atomic E-state index is 12.9. The average Bonchev–Trinajstić information content (AvgIpc) is 2.81. The van der Waals surface area contributed by atoms with E-state index in [0.29, 0.717) is 15.9 Å². The van der Waals surface area contributed by atoms with Crippen LogP contribution in [0.3, 0.4) is 0 Å². The monoisotopic (exact) mass is 319 g/mol. The van der Waals surface area contributed by atoms with Crippen molar-refractivity contribution in [1.82, 2.24) is 9.36 Å². The first kappa shape index (κ1) is 15.3. The summed E-state index contributed by atoms with van der Waals surface area (Å²) in [6.07, 6.45) is -4.39. The van der Waals surface area contributed by atoms with Crippen LogP contribution in [0.15, 0.2) is 28.6 Å². The molecule has 2 rings (SSSR count). The van der Waals surface area contributed by atoms with Crippen LogP contribution in [-0.2, 0) is 6.18 Å². The molecule has 0 fully saturated rings. The van der Waals surface area contributed by atoms with Gasteiger partial charge in [-0.25, -0.2) is 4.98 Å². The van der Waals surface area contributed by atoms with E-state index in [2.05, 4.69) is 9.36 Å². The normalized spacial score (nSPS) is 13.4. The number of benzene rings is 1. The first-order valence-corrected chi connectivity index (χ1v) is 7.48. The number of thioether (sulfide) groups is 1. The molecule has 0 spiro atoms. The molecule has 0 aliphatic carbocycles. The average molecular weight is 319 g/mol. The molecule has 0 bridgehead atoms. The first-order valence-electron chi connectivity index (χ1n) is 5.72. The molecule has 0 saturated heterocycles. The second-order valence-electron chi connectivity index (χ2n) is 4.11. The first-order chi connectivity index (χ1) is 9.38. The van der Waals surface area contributed by atoms with Crippen molar-refractivity contribution < 1.29 is 13.2 Å². The zero-order valence-electron chi connectivity index (χ0n) is 10.5. The highest BCUT2D eigenvalue weighted by Gasteiger charge is 2.34. The van der Waals surface area contributed by atoms with Crippen LogP contribution >= 0.6 is 23.3 Å². The van der Waals surface area contributed by atoms with Gasteiger partial charge < -0.3 is 5.73 Å². The predicted octanol–water partition coefficient (Wildman–Crippen LogP) is 3.66. The number of aryl methyl sites for hydroxylation is 1. The molecule has 1 aromatic heterocycles. The zero-order chi connectivity index (χ0) is 14.8. The van der Waals surface area contributed by atoms with E-state index in [-0.39, 0.29) is 5.56 Å². The quantitative estimate of drug-likeness (QED) is 0.874. The van der Waals surface area contributed by atoms with Crippen LogP contribution in [0.25, 0.3) is 0 Å². The molecule has 20 heavy (non-hydrogen) atoms. The summed E-state index contributed by atoms with van der Waals surface area (Å²) in [6.45, 7) is 1.76. The molecule has 0 aliphatic heterocycles. The lowest BCUT2D eigenvalue weighted by Crippen LogP contribution is -2.19. The molecule has 2 N–H and O–H groups in total. The third kappa shape index (κ3) is 3.71. The Labute approximate surface area is 122 Å². The molecule has 0 radical (unpaired) electrons. The summed E-state index contributed by atoms with van der Waals surface area (Å²) in [7, 11) is 0. The van der Waals surface area contributed by atoms with Gasteiger partial charge in [-0.2, -0.15) is 17.5 Å². The van der Waals surface area contributed by atoms with Gasteiger partial charge in [0.2, 0.25) is 0 Å². The fraction of sp³-hybridized carbons (Fsp3) is 0.333. The Balaban J connectivity index is 2.11. The predicted molar refractivity (Wildman–Crippen MR) is 73.7 cm³/mol. The van der Waals surface area contributed by atoms with Gasteiger partial charge in [-0.15, -0.1) is 0 Å². The number of halogens is 3. The maximum absolute atomic E-state index is 12.9. The minimum absolute atomic E-state index is 0.105. The highest BCUT2D eigenvalue weighted by molar-refractivity contribution is 8.00. The van der Waals surface area contributed by atoms with Gasteiger partial charge in [0.05, 0.1) is 5.56 Å². The molecule has 3 nitrogen and oxygen atoms in total. The molecule has 1 aromatic carbocycles. The van der Waals surface area contributed by atoms with Crippen molar-refractivity contribution in [3.63, 3.8) is 0 Å². The smallest absolute Gasteiger partial charge is 0.323 e. The zero-order valence-corrected chi connectivity index (χ0v) is 12.1. The number of nitrogens with zero attached hydrogens (tertiary/aromatic N) is 2. The van der Waals surface area contributed by atoms with Gasteiger partial charge in [0.25, 0.3) is 0 Å². The molecular weight excluding hydrogens is 307 g/mol. The van der Waals surface area contributed by atoms with Crippen molar-refractivity contribution in [2.45, 2.75) is 23.5 Å². The highest BCUT2D eigenvalue weighted by atomic mass is 32.2. The Hall–Kier alpha value is -1.12. The third-order valence-corrected chi connectivity index (χ3v) is 4.61. The van der Waals surface area contributed by atoms with Crippen LogP contribution < -0.4 is 5.73 Å². The summed E-state index contributed by atoms with van der Waals surface area (Å²) >= 11 is 2.54. The fourth-order valence-corrected chi connectivity index (χ4v) is 3.32. The summed E-state index contributed by atoms with van der Waals surface area (Å²) in [6, 6.07) is 4.68. The van der Waals surface area contributed by atoms with Crippen molar-refractivity contribution in [2.24, 2.45) is 5.73 Å². The summed E-state index contributed by atoms with van der Waals surface area (Å²) in [5, 5.41) is 0. The second-order valence-corrected chi connectivity index (χ2v) is 6.13. The minimum Gasteiger partial charge on any atom is -0.323 e. The lowest BCUT2D eigenvalue weighted by Gasteiger charge is -2.17. The van der Waals surface area contributed by atoms with Gasteiger partial charge in [0.1, 0.15) is 5.82 Å². The van der Waals surface area contributed by atoms with Crippen LogP contribution in [0, 0.1) is 6.92 Å². The lowest BCUT2D eigenvalue weighted by molar-refractivity contribution is -0.138. The highest BCUT2D eigenvalue weighted by Crippen LogP contribution is 2.35. The van der Waals surface area contributed by atoms with Crippen LogP contribution in [0.2, 0.25) is 0 Å². The number of rotatable bonds is 4. The topological polar surface area (TPSA) is 51.8 Å². The van der Waals surface area contributed by atoms with E-state index >= 15 is 0 Å². The van der Waals surface area contributed by atoms with Gasteiger partial charge in [-0.3, -0.25) is 0 Å². The Morgan fingerprint density at radius 3 is 2.65 bits per heavy atom. The van der Waals surface area contributed by atoms with E-state index in [9.17, 15) is 13.2 Å². The van der Waals surface area contributed by atoms with E-state index < -0.39 is 17.8 Å². The minimum atomic E-state index is -4.39. The number of nitrogens with two attached hydrogens (primary N) is 1.